The summed E-state index contributed by atoms with van der Waals surface area (Å²) < 4.78 is 73.6. The molecule has 1 atom stereocenters. The van der Waals surface area contributed by atoms with E-state index in [-0.39, 0.29) is 59.2 Å². The zero-order valence-corrected chi connectivity index (χ0v) is 24.2. The summed E-state index contributed by atoms with van der Waals surface area (Å²) in [7, 11) is 4.86. The first-order chi connectivity index (χ1) is 20.9. The van der Waals surface area contributed by atoms with E-state index in [4.69, 9.17) is 14.2 Å². The van der Waals surface area contributed by atoms with Gasteiger partial charge in [-0.3, -0.25) is 10.1 Å². The van der Waals surface area contributed by atoms with Crippen LogP contribution in [-0.2, 0) is 6.18 Å². The van der Waals surface area contributed by atoms with E-state index in [0.717, 1.165) is 32.0 Å². The highest BCUT2D eigenvalue weighted by Gasteiger charge is 2.37. The molecule has 0 radical (unpaired) electrons. The molecular formula is C29H32F4N6O5. The van der Waals surface area contributed by atoms with Crippen molar-refractivity contribution in [3.63, 3.8) is 0 Å². The number of amides is 1. The number of benzene rings is 2. The molecule has 5 rings (SSSR count). The van der Waals surface area contributed by atoms with Gasteiger partial charge in [-0.2, -0.15) is 18.2 Å². The first-order valence-electron chi connectivity index (χ1n) is 13.8. The largest absolute Gasteiger partial charge is 0.495 e. The Balaban J connectivity index is 1.43. The highest BCUT2D eigenvalue weighted by Crippen LogP contribution is 2.40. The van der Waals surface area contributed by atoms with Crippen LogP contribution in [0.3, 0.4) is 0 Å². The molecule has 3 heterocycles. The standard InChI is InChI=1S/C29H32F4N6O5/c1-38-9-7-16(8-10-38)35-25(40)17-13-23(42-3)20(14-19(17)30)36-28-34-15-18(29(31,32)33)26(37-28)44-22-6-4-5-21-24(22)27(41)39(2)11-12-43-21/h4-6,13-16,25,35,40H,7-12H2,1-3H3,(H,34,36,37). The van der Waals surface area contributed by atoms with E-state index in [1.807, 2.05) is 7.05 Å². The molecule has 0 bridgehead atoms. The van der Waals surface area contributed by atoms with Gasteiger partial charge in [0.1, 0.15) is 47.0 Å². The third kappa shape index (κ3) is 6.79. The first-order valence-corrected chi connectivity index (χ1v) is 13.8. The number of carbonyl (C=O) groups excluding carboxylic acids is 1. The van der Waals surface area contributed by atoms with Gasteiger partial charge in [0.25, 0.3) is 5.91 Å². The van der Waals surface area contributed by atoms with E-state index in [2.05, 4.69) is 25.5 Å². The van der Waals surface area contributed by atoms with Gasteiger partial charge in [0.05, 0.1) is 19.3 Å². The summed E-state index contributed by atoms with van der Waals surface area (Å²) in [6, 6.07) is 6.63. The van der Waals surface area contributed by atoms with Crippen LogP contribution in [0.1, 0.15) is 40.6 Å². The zero-order valence-electron chi connectivity index (χ0n) is 24.2. The number of aliphatic hydroxyl groups is 1. The number of nitrogens with one attached hydrogen (secondary N) is 2. The molecule has 1 aromatic heterocycles. The van der Waals surface area contributed by atoms with Crippen molar-refractivity contribution in [1.29, 1.82) is 0 Å². The van der Waals surface area contributed by atoms with Gasteiger partial charge in [-0.1, -0.05) is 6.07 Å². The first kappa shape index (κ1) is 31.2. The number of hydrogen-bond acceptors (Lipinski definition) is 10. The lowest BCUT2D eigenvalue weighted by Crippen LogP contribution is -2.42. The molecule has 1 fully saturated rings. The van der Waals surface area contributed by atoms with E-state index >= 15 is 4.39 Å². The second-order valence-corrected chi connectivity index (χ2v) is 10.6. The number of likely N-dealkylation sites (tertiary alicyclic amines) is 1. The number of rotatable bonds is 8. The van der Waals surface area contributed by atoms with Crippen molar-refractivity contribution in [2.75, 3.05) is 52.8 Å². The predicted molar refractivity (Wildman–Crippen MR) is 151 cm³/mol. The molecule has 0 aliphatic carbocycles. The third-order valence-electron chi connectivity index (χ3n) is 7.47. The van der Waals surface area contributed by atoms with Crippen molar-refractivity contribution >= 4 is 17.5 Å². The second-order valence-electron chi connectivity index (χ2n) is 10.6. The van der Waals surface area contributed by atoms with Crippen molar-refractivity contribution in [2.24, 2.45) is 0 Å². The predicted octanol–water partition coefficient (Wildman–Crippen LogP) is 4.32. The summed E-state index contributed by atoms with van der Waals surface area (Å²) in [5.74, 6) is -2.51. The number of carbonyl (C=O) groups is 1. The number of fused-ring (bicyclic) bond motifs is 1. The summed E-state index contributed by atoms with van der Waals surface area (Å²) in [5.41, 5.74) is -1.43. The van der Waals surface area contributed by atoms with Gasteiger partial charge in [0.2, 0.25) is 11.8 Å². The summed E-state index contributed by atoms with van der Waals surface area (Å²) in [6.07, 6.45) is -4.14. The number of anilines is 2. The van der Waals surface area contributed by atoms with E-state index in [0.29, 0.717) is 6.20 Å². The number of nitrogens with zero attached hydrogens (tertiary/aromatic N) is 4. The van der Waals surface area contributed by atoms with Crippen molar-refractivity contribution in [1.82, 2.24) is 25.1 Å². The minimum absolute atomic E-state index is 0.00906. The zero-order chi connectivity index (χ0) is 31.6. The Bertz CT molecular complexity index is 1520. The Labute approximate surface area is 250 Å². The summed E-state index contributed by atoms with van der Waals surface area (Å²) in [5, 5.41) is 16.4. The lowest BCUT2D eigenvalue weighted by atomic mass is 10.0. The monoisotopic (exact) mass is 620 g/mol. The topological polar surface area (TPSA) is 121 Å². The number of likely N-dealkylation sites (N-methyl/N-ethyl adjacent to an activating group) is 1. The van der Waals surface area contributed by atoms with Crippen LogP contribution in [0.15, 0.2) is 36.5 Å². The molecule has 0 spiro atoms. The number of alkyl halides is 3. The van der Waals surface area contributed by atoms with Crippen LogP contribution in [0.5, 0.6) is 23.1 Å². The molecule has 3 aromatic rings. The number of hydrogen-bond donors (Lipinski definition) is 3. The molecule has 236 valence electrons. The van der Waals surface area contributed by atoms with Gasteiger partial charge in [-0.05, 0) is 51.2 Å². The molecule has 2 aliphatic rings. The van der Waals surface area contributed by atoms with E-state index in [1.54, 1.807) is 0 Å². The van der Waals surface area contributed by atoms with Gasteiger partial charge in [0.15, 0.2) is 0 Å². The van der Waals surface area contributed by atoms with Crippen LogP contribution in [-0.4, -0.2) is 84.3 Å². The molecule has 2 aliphatic heterocycles. The normalized spacial score (nSPS) is 17.0. The Morgan fingerprint density at radius 3 is 2.59 bits per heavy atom. The maximum Gasteiger partial charge on any atom is 0.423 e. The van der Waals surface area contributed by atoms with Gasteiger partial charge < -0.3 is 34.4 Å². The van der Waals surface area contributed by atoms with Crippen LogP contribution in [0.2, 0.25) is 0 Å². The van der Waals surface area contributed by atoms with E-state index in [9.17, 15) is 23.1 Å². The molecule has 15 heteroatoms. The minimum atomic E-state index is -4.90. The smallest absolute Gasteiger partial charge is 0.423 e. The number of aromatic nitrogens is 2. The lowest BCUT2D eigenvalue weighted by Gasteiger charge is -2.31. The fourth-order valence-electron chi connectivity index (χ4n) is 4.97. The van der Waals surface area contributed by atoms with Crippen LogP contribution < -0.4 is 24.8 Å². The van der Waals surface area contributed by atoms with Crippen molar-refractivity contribution in [2.45, 2.75) is 31.3 Å². The highest BCUT2D eigenvalue weighted by molar-refractivity contribution is 6.00. The van der Waals surface area contributed by atoms with Crippen LogP contribution >= 0.6 is 0 Å². The fraction of sp³-hybridized carbons (Fsp3) is 0.414. The summed E-state index contributed by atoms with van der Waals surface area (Å²) in [6.45, 7) is 2.14. The molecule has 1 unspecified atom stereocenters. The lowest BCUT2D eigenvalue weighted by molar-refractivity contribution is -0.139. The molecule has 44 heavy (non-hydrogen) atoms. The number of methoxy groups -OCH3 is 1. The van der Waals surface area contributed by atoms with Crippen LogP contribution in [0.4, 0.5) is 29.2 Å². The maximum absolute atomic E-state index is 15.2. The molecular weight excluding hydrogens is 588 g/mol. The molecule has 1 amide bonds. The average molecular weight is 621 g/mol. The Morgan fingerprint density at radius 2 is 1.89 bits per heavy atom. The average Bonchev–Trinajstić information content (AvgIpc) is 3.12. The Hall–Kier alpha value is -4.21. The van der Waals surface area contributed by atoms with Gasteiger partial charge in [-0.15, -0.1) is 0 Å². The quantitative estimate of drug-likeness (QED) is 0.248. The Kier molecular flexibility index (Phi) is 9.08. The molecule has 0 saturated carbocycles. The minimum Gasteiger partial charge on any atom is -0.495 e. The molecule has 11 nitrogen and oxygen atoms in total. The summed E-state index contributed by atoms with van der Waals surface area (Å²) >= 11 is 0. The highest BCUT2D eigenvalue weighted by atomic mass is 19.4. The Morgan fingerprint density at radius 1 is 1.14 bits per heavy atom. The SMILES string of the molecule is COc1cc(C(O)NC2CCN(C)CC2)c(F)cc1Nc1ncc(C(F)(F)F)c(Oc2cccc3c2C(=O)N(C)CCO3)n1. The second kappa shape index (κ2) is 12.8. The van der Waals surface area contributed by atoms with Crippen LogP contribution in [0.25, 0.3) is 0 Å². The fourth-order valence-corrected chi connectivity index (χ4v) is 4.97. The summed E-state index contributed by atoms with van der Waals surface area (Å²) in [4.78, 5) is 24.2. The van der Waals surface area contributed by atoms with E-state index < -0.39 is 35.6 Å². The third-order valence-corrected chi connectivity index (χ3v) is 7.47. The maximum atomic E-state index is 15.2. The molecule has 3 N–H and O–H groups in total. The number of piperidine rings is 1. The van der Waals surface area contributed by atoms with Crippen molar-refractivity contribution in [3.05, 3.63) is 59.0 Å². The van der Waals surface area contributed by atoms with Gasteiger partial charge in [-0.25, -0.2) is 9.37 Å². The van der Waals surface area contributed by atoms with E-state index in [1.165, 1.54) is 43.3 Å². The molecule has 2 aromatic carbocycles. The van der Waals surface area contributed by atoms with Crippen molar-refractivity contribution < 1.29 is 41.7 Å². The number of aliphatic hydroxyl groups excluding tert-OH is 1. The number of ether oxygens (including phenoxy) is 3. The number of halogens is 4. The van der Waals surface area contributed by atoms with Crippen molar-refractivity contribution in [3.8, 4) is 23.1 Å². The van der Waals surface area contributed by atoms with Crippen LogP contribution in [0, 0.1) is 5.82 Å². The van der Waals surface area contributed by atoms with Gasteiger partial charge in [0, 0.05) is 30.9 Å². The van der Waals surface area contributed by atoms with Gasteiger partial charge >= 0.3 is 6.18 Å². The molecule has 1 saturated heterocycles.